The van der Waals surface area contributed by atoms with Gasteiger partial charge in [0.15, 0.2) is 5.16 Å². The number of rotatable bonds is 5. The first-order valence-corrected chi connectivity index (χ1v) is 8.76. The zero-order valence-electron chi connectivity index (χ0n) is 14.8. The molecule has 0 saturated heterocycles. The van der Waals surface area contributed by atoms with Gasteiger partial charge in [-0.2, -0.15) is 0 Å². The van der Waals surface area contributed by atoms with Crippen molar-refractivity contribution in [3.63, 3.8) is 0 Å². The van der Waals surface area contributed by atoms with Crippen molar-refractivity contribution >= 4 is 21.8 Å². The molecule has 2 aromatic heterocycles. The van der Waals surface area contributed by atoms with Crippen LogP contribution in [0.15, 0.2) is 29.6 Å². The van der Waals surface area contributed by atoms with E-state index in [-0.39, 0.29) is 25.2 Å². The van der Waals surface area contributed by atoms with Gasteiger partial charge in [-0.05, 0) is 26.0 Å². The molecule has 0 amide bonds. The number of methoxy groups -OCH3 is 2. The summed E-state index contributed by atoms with van der Waals surface area (Å²) in [5.41, 5.74) is 4.16. The minimum absolute atomic E-state index is 0. The first-order valence-electron chi connectivity index (χ1n) is 7.44. The molecule has 8 heteroatoms. The molecule has 6 nitrogen and oxygen atoms in total. The summed E-state index contributed by atoms with van der Waals surface area (Å²) < 4.78 is 23.3. The molecule has 0 saturated carbocycles. The van der Waals surface area contributed by atoms with Crippen molar-refractivity contribution in [1.82, 2.24) is 15.0 Å². The van der Waals surface area contributed by atoms with Gasteiger partial charge < -0.3 is 14.5 Å². The Morgan fingerprint density at radius 2 is 1.96 bits per heavy atom. The van der Waals surface area contributed by atoms with E-state index in [0.29, 0.717) is 5.16 Å². The minimum Gasteiger partial charge on any atom is -0.497 e. The molecule has 0 aliphatic heterocycles. The van der Waals surface area contributed by atoms with E-state index in [9.17, 15) is 4.21 Å². The fourth-order valence-electron chi connectivity index (χ4n) is 2.61. The number of H-pyrrole nitrogens is 1. The third kappa shape index (κ3) is 3.90. The Hall–Kier alpha value is -1.79. The summed E-state index contributed by atoms with van der Waals surface area (Å²) in [5, 5.41) is 0.430. The van der Waals surface area contributed by atoms with E-state index in [0.717, 1.165) is 39.4 Å². The molecule has 1 atom stereocenters. The molecule has 0 aliphatic rings. The van der Waals surface area contributed by atoms with Crippen LogP contribution in [0.25, 0.3) is 11.0 Å². The number of aromatic amines is 1. The van der Waals surface area contributed by atoms with Gasteiger partial charge in [-0.3, -0.25) is 9.19 Å². The van der Waals surface area contributed by atoms with Crippen molar-refractivity contribution in [1.29, 1.82) is 0 Å². The number of nitrogens with zero attached hydrogens (tertiary/aromatic N) is 2. The fourth-order valence-corrected chi connectivity index (χ4v) is 3.71. The number of aromatic nitrogens is 3. The third-order valence-electron chi connectivity index (χ3n) is 3.90. The van der Waals surface area contributed by atoms with E-state index in [1.54, 1.807) is 20.4 Å². The average molecular weight is 411 g/mol. The van der Waals surface area contributed by atoms with Crippen LogP contribution in [0.5, 0.6) is 11.5 Å². The second-order valence-corrected chi connectivity index (χ2v) is 6.83. The van der Waals surface area contributed by atoms with Crippen LogP contribution in [0.2, 0.25) is 0 Å². The summed E-state index contributed by atoms with van der Waals surface area (Å²) in [5.74, 6) is 1.79. The van der Waals surface area contributed by atoms with Crippen LogP contribution in [0.1, 0.15) is 16.8 Å². The van der Waals surface area contributed by atoms with Crippen LogP contribution in [0.4, 0.5) is 0 Å². The zero-order valence-corrected chi connectivity index (χ0v) is 18.5. The standard InChI is InChI=1S/C17H19N3O3S.Zn/c1-10-8-18-15(11(2)16(10)23-4)9-24(21)17-19-13-6-5-12(22-3)7-14(13)20-17;/h5-8H,9H2,1-4H3,(H,19,20);/t24-;/m0./s1. The smallest absolute Gasteiger partial charge is 0.197 e. The number of fused-ring (bicyclic) bond motifs is 1. The normalized spacial score (nSPS) is 11.8. The van der Waals surface area contributed by atoms with Crippen molar-refractivity contribution in [2.24, 2.45) is 0 Å². The van der Waals surface area contributed by atoms with Crippen molar-refractivity contribution in [3.05, 3.63) is 41.2 Å². The molecule has 1 N–H and O–H groups in total. The molecule has 3 rings (SSSR count). The number of imidazole rings is 1. The second-order valence-electron chi connectivity index (χ2n) is 5.46. The maximum atomic E-state index is 12.7. The molecule has 128 valence electrons. The summed E-state index contributed by atoms with van der Waals surface area (Å²) in [6, 6.07) is 5.50. The number of benzene rings is 1. The molecule has 0 bridgehead atoms. The van der Waals surface area contributed by atoms with E-state index in [1.807, 2.05) is 32.0 Å². The number of hydrogen-bond donors (Lipinski definition) is 1. The Bertz CT molecular complexity index is 927. The van der Waals surface area contributed by atoms with Gasteiger partial charge in [0, 0.05) is 42.9 Å². The number of nitrogens with one attached hydrogen (secondary N) is 1. The van der Waals surface area contributed by atoms with Crippen LogP contribution < -0.4 is 9.47 Å². The SMILES string of the molecule is COc1ccc2nc([S@@](=O)Cc3ncc(C)c(OC)c3C)[nH]c2c1.[Zn]. The molecular weight excluding hydrogens is 392 g/mol. The van der Waals surface area contributed by atoms with Crippen LogP contribution in [-0.4, -0.2) is 33.4 Å². The third-order valence-corrected chi connectivity index (χ3v) is 5.06. The van der Waals surface area contributed by atoms with Crippen LogP contribution >= 0.6 is 0 Å². The molecular formula is C17H19N3O3SZn. The minimum atomic E-state index is -1.33. The molecule has 0 unspecified atom stereocenters. The molecule has 0 radical (unpaired) electrons. The molecule has 0 spiro atoms. The van der Waals surface area contributed by atoms with Gasteiger partial charge in [0.2, 0.25) is 0 Å². The maximum Gasteiger partial charge on any atom is 0.197 e. The number of hydrogen-bond acceptors (Lipinski definition) is 5. The van der Waals surface area contributed by atoms with Crippen LogP contribution in [0, 0.1) is 13.8 Å². The van der Waals surface area contributed by atoms with Crippen molar-refractivity contribution in [2.75, 3.05) is 14.2 Å². The predicted octanol–water partition coefficient (Wildman–Crippen LogP) is 2.90. The molecule has 0 fully saturated rings. The first-order chi connectivity index (χ1) is 11.5. The van der Waals surface area contributed by atoms with Gasteiger partial charge in [0.1, 0.15) is 11.5 Å². The van der Waals surface area contributed by atoms with Crippen LogP contribution in [-0.2, 0) is 36.0 Å². The Morgan fingerprint density at radius 3 is 2.64 bits per heavy atom. The monoisotopic (exact) mass is 409 g/mol. The zero-order chi connectivity index (χ0) is 17.3. The Balaban J connectivity index is 0.00000225. The van der Waals surface area contributed by atoms with E-state index in [1.165, 1.54) is 0 Å². The van der Waals surface area contributed by atoms with Gasteiger partial charge in [-0.1, -0.05) is 0 Å². The van der Waals surface area contributed by atoms with Gasteiger partial charge in [-0.15, -0.1) is 0 Å². The summed E-state index contributed by atoms with van der Waals surface area (Å²) in [6.07, 6.45) is 1.74. The number of ether oxygens (including phenoxy) is 2. The van der Waals surface area contributed by atoms with Crippen molar-refractivity contribution in [3.8, 4) is 11.5 Å². The first kappa shape index (κ1) is 19.5. The molecule has 1 aromatic carbocycles. The van der Waals surface area contributed by atoms with Gasteiger partial charge in [-0.25, -0.2) is 4.98 Å². The summed E-state index contributed by atoms with van der Waals surface area (Å²) >= 11 is 0. The largest absolute Gasteiger partial charge is 0.497 e. The molecule has 0 aliphatic carbocycles. The second kappa shape index (κ2) is 8.06. The van der Waals surface area contributed by atoms with Crippen molar-refractivity contribution < 1.29 is 33.2 Å². The van der Waals surface area contributed by atoms with Gasteiger partial charge in [0.25, 0.3) is 0 Å². The van der Waals surface area contributed by atoms with E-state index >= 15 is 0 Å². The quantitative estimate of drug-likeness (QED) is 0.654. The summed E-state index contributed by atoms with van der Waals surface area (Å²) in [7, 11) is 1.91. The Kier molecular flexibility index (Phi) is 6.30. The molecule has 2 heterocycles. The van der Waals surface area contributed by atoms with Gasteiger partial charge >= 0.3 is 0 Å². The summed E-state index contributed by atoms with van der Waals surface area (Å²) in [4.78, 5) is 11.9. The topological polar surface area (TPSA) is 77.1 Å². The fraction of sp³-hybridized carbons (Fsp3) is 0.294. The summed E-state index contributed by atoms with van der Waals surface area (Å²) in [6.45, 7) is 3.86. The van der Waals surface area contributed by atoms with Gasteiger partial charge in [0.05, 0.1) is 47.5 Å². The Morgan fingerprint density at radius 1 is 1.20 bits per heavy atom. The van der Waals surface area contributed by atoms with Crippen molar-refractivity contribution in [2.45, 2.75) is 24.8 Å². The van der Waals surface area contributed by atoms with E-state index in [2.05, 4.69) is 15.0 Å². The van der Waals surface area contributed by atoms with E-state index in [4.69, 9.17) is 9.47 Å². The molecule has 3 aromatic rings. The number of pyridine rings is 1. The predicted molar refractivity (Wildman–Crippen MR) is 93.0 cm³/mol. The van der Waals surface area contributed by atoms with E-state index < -0.39 is 10.8 Å². The van der Waals surface area contributed by atoms with Crippen LogP contribution in [0.3, 0.4) is 0 Å². The average Bonchev–Trinajstić information content (AvgIpc) is 3.01. The maximum absolute atomic E-state index is 12.7. The molecule has 25 heavy (non-hydrogen) atoms. The number of aryl methyl sites for hydroxylation is 1. The Labute approximate surface area is 161 Å².